The maximum Gasteiger partial charge on any atom is 0.328 e. The maximum atomic E-state index is 13.0. The highest BCUT2D eigenvalue weighted by Crippen LogP contribution is 2.22. The van der Waals surface area contributed by atoms with Gasteiger partial charge >= 0.3 is 5.97 Å². The number of carboxylic acid groups (broad SMARTS) is 1. The molecule has 0 aromatic heterocycles. The molecule has 0 aliphatic carbocycles. The molecule has 0 amide bonds. The summed E-state index contributed by atoms with van der Waals surface area (Å²) in [5, 5.41) is 8.71. The third kappa shape index (κ3) is 1.86. The highest BCUT2D eigenvalue weighted by Gasteiger charge is 2.30. The van der Waals surface area contributed by atoms with Gasteiger partial charge < -0.3 is 10.8 Å². The zero-order valence-electron chi connectivity index (χ0n) is 7.42. The molecule has 0 unspecified atom stereocenters. The Balaban J connectivity index is 3.21. The van der Waals surface area contributed by atoms with Crippen molar-refractivity contribution in [3.8, 4) is 0 Å². The lowest BCUT2D eigenvalue weighted by molar-refractivity contribution is -0.143. The van der Waals surface area contributed by atoms with Gasteiger partial charge in [0.2, 0.25) is 0 Å². The smallest absolute Gasteiger partial charge is 0.328 e. The predicted octanol–water partition coefficient (Wildman–Crippen LogP) is 1.74. The molecule has 1 aromatic rings. The largest absolute Gasteiger partial charge is 0.480 e. The van der Waals surface area contributed by atoms with Crippen molar-refractivity contribution in [3.63, 3.8) is 0 Å². The maximum absolute atomic E-state index is 13.0. The van der Waals surface area contributed by atoms with Crippen molar-refractivity contribution >= 4 is 17.6 Å². The van der Waals surface area contributed by atoms with E-state index in [1.54, 1.807) is 0 Å². The average molecular weight is 218 g/mol. The Labute approximate surface area is 85.3 Å². The molecule has 0 aliphatic heterocycles. The number of halogens is 2. The quantitative estimate of drug-likeness (QED) is 0.793. The van der Waals surface area contributed by atoms with Crippen LogP contribution in [0.1, 0.15) is 12.5 Å². The van der Waals surface area contributed by atoms with E-state index in [0.29, 0.717) is 0 Å². The molecule has 0 radical (unpaired) electrons. The summed E-state index contributed by atoms with van der Waals surface area (Å²) in [4.78, 5) is 10.7. The van der Waals surface area contributed by atoms with E-state index in [1.807, 2.05) is 0 Å². The van der Waals surface area contributed by atoms with Gasteiger partial charge in [0.1, 0.15) is 11.4 Å². The second-order valence-corrected chi connectivity index (χ2v) is 3.54. The van der Waals surface area contributed by atoms with Crippen molar-refractivity contribution < 1.29 is 14.3 Å². The standard InChI is InChI=1S/C9H9ClFNO2/c1-9(12,8(13)14)5-2-3-6(10)7(11)4-5/h2-4H,12H2,1H3,(H,13,14)/t9-/m0/s1. The van der Waals surface area contributed by atoms with Crippen LogP contribution in [0.15, 0.2) is 18.2 Å². The zero-order chi connectivity index (χ0) is 10.9. The molecule has 0 aliphatic rings. The third-order valence-electron chi connectivity index (χ3n) is 1.96. The van der Waals surface area contributed by atoms with Gasteiger partial charge in [-0.05, 0) is 24.6 Å². The van der Waals surface area contributed by atoms with E-state index in [4.69, 9.17) is 22.4 Å². The van der Waals surface area contributed by atoms with Crippen LogP contribution in [0.4, 0.5) is 4.39 Å². The summed E-state index contributed by atoms with van der Waals surface area (Å²) in [5.41, 5.74) is 4.06. The van der Waals surface area contributed by atoms with Crippen LogP contribution in [-0.4, -0.2) is 11.1 Å². The van der Waals surface area contributed by atoms with Crippen LogP contribution in [0.2, 0.25) is 5.02 Å². The van der Waals surface area contributed by atoms with Crippen molar-refractivity contribution in [1.29, 1.82) is 0 Å². The van der Waals surface area contributed by atoms with Crippen molar-refractivity contribution in [3.05, 3.63) is 34.6 Å². The van der Waals surface area contributed by atoms with E-state index in [1.165, 1.54) is 19.1 Å². The Morgan fingerprint density at radius 1 is 1.64 bits per heavy atom. The number of carboxylic acids is 1. The SMILES string of the molecule is C[C@@](N)(C(=O)O)c1ccc(Cl)c(F)c1. The van der Waals surface area contributed by atoms with E-state index in [2.05, 4.69) is 0 Å². The van der Waals surface area contributed by atoms with Gasteiger partial charge in [-0.1, -0.05) is 17.7 Å². The van der Waals surface area contributed by atoms with Crippen molar-refractivity contribution in [1.82, 2.24) is 0 Å². The second kappa shape index (κ2) is 3.55. The molecular weight excluding hydrogens is 209 g/mol. The number of benzene rings is 1. The number of carbonyl (C=O) groups is 1. The molecule has 3 nitrogen and oxygen atoms in total. The summed E-state index contributed by atoms with van der Waals surface area (Å²) in [6, 6.07) is 3.69. The molecule has 14 heavy (non-hydrogen) atoms. The minimum Gasteiger partial charge on any atom is -0.480 e. The van der Waals surface area contributed by atoms with E-state index in [-0.39, 0.29) is 10.6 Å². The predicted molar refractivity (Wildman–Crippen MR) is 50.6 cm³/mol. The Morgan fingerprint density at radius 3 is 2.64 bits per heavy atom. The van der Waals surface area contributed by atoms with Crippen LogP contribution < -0.4 is 5.73 Å². The second-order valence-electron chi connectivity index (χ2n) is 3.14. The van der Waals surface area contributed by atoms with Crippen LogP contribution in [0.25, 0.3) is 0 Å². The third-order valence-corrected chi connectivity index (χ3v) is 2.27. The molecule has 0 bridgehead atoms. The summed E-state index contributed by atoms with van der Waals surface area (Å²) in [6.07, 6.45) is 0. The number of hydrogen-bond acceptors (Lipinski definition) is 2. The van der Waals surface area contributed by atoms with Crippen LogP contribution >= 0.6 is 11.6 Å². The van der Waals surface area contributed by atoms with Crippen molar-refractivity contribution in [2.75, 3.05) is 0 Å². The fourth-order valence-corrected chi connectivity index (χ4v) is 1.06. The molecule has 0 saturated carbocycles. The van der Waals surface area contributed by atoms with Gasteiger partial charge in [0.05, 0.1) is 5.02 Å². The first-order chi connectivity index (χ1) is 6.35. The Bertz CT molecular complexity index is 379. The molecule has 5 heteroatoms. The van der Waals surface area contributed by atoms with Gasteiger partial charge in [-0.25, -0.2) is 9.18 Å². The van der Waals surface area contributed by atoms with Gasteiger partial charge in [0.15, 0.2) is 0 Å². The van der Waals surface area contributed by atoms with Crippen LogP contribution in [0, 0.1) is 5.82 Å². The van der Waals surface area contributed by atoms with Gasteiger partial charge in [-0.15, -0.1) is 0 Å². The summed E-state index contributed by atoms with van der Waals surface area (Å²) >= 11 is 5.45. The molecule has 0 fully saturated rings. The lowest BCUT2D eigenvalue weighted by Crippen LogP contribution is -2.41. The summed E-state index contributed by atoms with van der Waals surface area (Å²) in [6.45, 7) is 1.29. The van der Waals surface area contributed by atoms with Crippen LogP contribution in [0.5, 0.6) is 0 Å². The van der Waals surface area contributed by atoms with Crippen LogP contribution in [0.3, 0.4) is 0 Å². The molecule has 0 spiro atoms. The Hall–Kier alpha value is -1.13. The highest BCUT2D eigenvalue weighted by molar-refractivity contribution is 6.30. The van der Waals surface area contributed by atoms with Crippen molar-refractivity contribution in [2.45, 2.75) is 12.5 Å². The molecule has 3 N–H and O–H groups in total. The minimum atomic E-state index is -1.61. The first-order valence-corrected chi connectivity index (χ1v) is 4.21. The summed E-state index contributed by atoms with van der Waals surface area (Å²) in [5.74, 6) is -1.90. The lowest BCUT2D eigenvalue weighted by atomic mass is 9.93. The number of hydrogen-bond donors (Lipinski definition) is 2. The first kappa shape index (κ1) is 10.9. The van der Waals surface area contributed by atoms with Crippen molar-refractivity contribution in [2.24, 2.45) is 5.73 Å². The minimum absolute atomic E-state index is 0.0602. The number of aliphatic carboxylic acids is 1. The number of rotatable bonds is 2. The molecule has 0 heterocycles. The van der Waals surface area contributed by atoms with Gasteiger partial charge in [-0.2, -0.15) is 0 Å². The summed E-state index contributed by atoms with van der Waals surface area (Å²) < 4.78 is 13.0. The van der Waals surface area contributed by atoms with Gasteiger partial charge in [0.25, 0.3) is 0 Å². The fourth-order valence-electron chi connectivity index (χ4n) is 0.943. The molecule has 1 aromatic carbocycles. The molecule has 0 saturated heterocycles. The zero-order valence-corrected chi connectivity index (χ0v) is 8.18. The van der Waals surface area contributed by atoms with E-state index >= 15 is 0 Å². The van der Waals surface area contributed by atoms with E-state index in [0.717, 1.165) is 6.07 Å². The molecule has 1 rings (SSSR count). The number of nitrogens with two attached hydrogens (primary N) is 1. The summed E-state index contributed by atoms with van der Waals surface area (Å²) in [7, 11) is 0. The monoisotopic (exact) mass is 217 g/mol. The van der Waals surface area contributed by atoms with Gasteiger partial charge in [-0.3, -0.25) is 0 Å². The Morgan fingerprint density at radius 2 is 2.21 bits per heavy atom. The van der Waals surface area contributed by atoms with E-state index < -0.39 is 17.3 Å². The Kier molecular flexibility index (Phi) is 2.78. The fraction of sp³-hybridized carbons (Fsp3) is 0.222. The van der Waals surface area contributed by atoms with Gasteiger partial charge in [0, 0.05) is 0 Å². The normalized spacial score (nSPS) is 14.9. The molecular formula is C9H9ClFNO2. The first-order valence-electron chi connectivity index (χ1n) is 3.83. The molecule has 76 valence electrons. The topological polar surface area (TPSA) is 63.3 Å². The van der Waals surface area contributed by atoms with Crippen LogP contribution in [-0.2, 0) is 10.3 Å². The molecule has 1 atom stereocenters. The average Bonchev–Trinajstić information content (AvgIpc) is 2.09. The van der Waals surface area contributed by atoms with E-state index in [9.17, 15) is 9.18 Å². The highest BCUT2D eigenvalue weighted by atomic mass is 35.5. The lowest BCUT2D eigenvalue weighted by Gasteiger charge is -2.19.